The van der Waals surface area contributed by atoms with Gasteiger partial charge in [-0.25, -0.2) is 0 Å². The quantitative estimate of drug-likeness (QED) is 0.163. The monoisotopic (exact) mass is 551 g/mol. The number of hydrogen-bond donors (Lipinski definition) is 2. The fourth-order valence-electron chi connectivity index (χ4n) is 2.61. The second kappa shape index (κ2) is 12.6. The van der Waals surface area contributed by atoms with Crippen molar-refractivity contribution in [1.29, 1.82) is 0 Å². The van der Waals surface area contributed by atoms with Crippen molar-refractivity contribution in [3.05, 3.63) is 57.4 Å². The van der Waals surface area contributed by atoms with E-state index in [9.17, 15) is 15.2 Å². The van der Waals surface area contributed by atoms with Crippen LogP contribution in [-0.2, 0) is 13.6 Å². The van der Waals surface area contributed by atoms with Crippen molar-refractivity contribution in [2.45, 2.75) is 19.6 Å². The average Bonchev–Trinajstić information content (AvgIpc) is 3.00. The molecule has 0 aliphatic rings. The first-order valence-corrected chi connectivity index (χ1v) is 9.53. The Kier molecular flexibility index (Phi) is 10.9. The van der Waals surface area contributed by atoms with Gasteiger partial charge in [-0.05, 0) is 25.1 Å². The molecule has 30 heavy (non-hydrogen) atoms. The maximum Gasteiger partial charge on any atom is 0.269 e. The first kappa shape index (κ1) is 26.0. The number of hydrogen-bond acceptors (Lipinski definition) is 5. The number of non-ortho nitro benzene ring substituents is 1. The molecule has 1 atom stereocenters. The number of rotatable bonds is 9. The lowest BCUT2D eigenvalue weighted by Crippen LogP contribution is -2.39. The fourth-order valence-corrected chi connectivity index (χ4v) is 2.88. The first-order valence-electron chi connectivity index (χ1n) is 9.15. The van der Waals surface area contributed by atoms with Crippen LogP contribution in [-0.4, -0.2) is 58.3 Å². The average molecular weight is 552 g/mol. The van der Waals surface area contributed by atoms with Gasteiger partial charge in [-0.15, -0.1) is 24.0 Å². The number of guanidine groups is 1. The Morgan fingerprint density at radius 3 is 2.63 bits per heavy atom. The number of aromatic nitrogens is 1. The van der Waals surface area contributed by atoms with Crippen LogP contribution in [0.3, 0.4) is 0 Å². The van der Waals surface area contributed by atoms with Gasteiger partial charge in [0.2, 0.25) is 0 Å². The maximum atomic E-state index is 10.7. The third-order valence-corrected chi connectivity index (χ3v) is 4.32. The van der Waals surface area contributed by atoms with E-state index in [0.717, 1.165) is 5.69 Å². The molecule has 0 amide bonds. The zero-order valence-electron chi connectivity index (χ0n) is 17.1. The molecule has 0 radical (unpaired) electrons. The third kappa shape index (κ3) is 8.00. The Labute approximate surface area is 197 Å². The van der Waals surface area contributed by atoms with Crippen LogP contribution in [0.5, 0.6) is 5.75 Å². The lowest BCUT2D eigenvalue weighted by atomic mass is 10.3. The number of benzene rings is 1. The van der Waals surface area contributed by atoms with Gasteiger partial charge in [0.05, 0.1) is 23.0 Å². The van der Waals surface area contributed by atoms with Gasteiger partial charge < -0.3 is 24.6 Å². The molecule has 0 saturated heterocycles. The van der Waals surface area contributed by atoms with E-state index in [1.54, 1.807) is 0 Å². The number of aliphatic hydroxyl groups excluding tert-OH is 1. The van der Waals surface area contributed by atoms with E-state index in [0.29, 0.717) is 29.8 Å². The van der Waals surface area contributed by atoms with E-state index in [-0.39, 0.29) is 42.8 Å². The molecule has 2 aromatic rings. The highest BCUT2D eigenvalue weighted by Gasteiger charge is 2.12. The van der Waals surface area contributed by atoms with Gasteiger partial charge in [0.1, 0.15) is 18.5 Å². The van der Waals surface area contributed by atoms with Gasteiger partial charge in [-0.2, -0.15) is 0 Å². The molecule has 166 valence electrons. The number of nitrogens with zero attached hydrogens (tertiary/aromatic N) is 4. The van der Waals surface area contributed by atoms with Crippen LogP contribution in [0.25, 0.3) is 0 Å². The summed E-state index contributed by atoms with van der Waals surface area (Å²) < 4.78 is 7.43. The summed E-state index contributed by atoms with van der Waals surface area (Å²) in [6.45, 7) is 3.43. The predicted molar refractivity (Wildman–Crippen MR) is 128 cm³/mol. The van der Waals surface area contributed by atoms with Crippen molar-refractivity contribution >= 4 is 47.2 Å². The van der Waals surface area contributed by atoms with E-state index in [1.165, 1.54) is 24.3 Å². The SMILES string of the molecule is CCNC(=NCC(O)COc1ccc([N+](=O)[O-])cc1)N(C)Cc1cc(Cl)cn1C.I. The summed E-state index contributed by atoms with van der Waals surface area (Å²) in [5.74, 6) is 1.10. The third-order valence-electron chi connectivity index (χ3n) is 4.11. The topological polar surface area (TPSA) is 105 Å². The smallest absolute Gasteiger partial charge is 0.269 e. The van der Waals surface area contributed by atoms with Gasteiger partial charge in [-0.3, -0.25) is 15.1 Å². The molecule has 1 unspecified atom stereocenters. The normalized spacial score (nSPS) is 12.1. The largest absolute Gasteiger partial charge is 0.491 e. The van der Waals surface area contributed by atoms with Crippen LogP contribution < -0.4 is 10.1 Å². The summed E-state index contributed by atoms with van der Waals surface area (Å²) in [6, 6.07) is 7.60. The maximum absolute atomic E-state index is 10.7. The molecule has 0 bridgehead atoms. The highest BCUT2D eigenvalue weighted by molar-refractivity contribution is 14.0. The molecule has 9 nitrogen and oxygen atoms in total. The summed E-state index contributed by atoms with van der Waals surface area (Å²) in [7, 11) is 3.83. The Bertz CT molecular complexity index is 844. The Balaban J connectivity index is 0.00000450. The van der Waals surface area contributed by atoms with Crippen LogP contribution >= 0.6 is 35.6 Å². The molecular formula is C19H27ClIN5O4. The zero-order chi connectivity index (χ0) is 21.4. The number of halogens is 2. The summed E-state index contributed by atoms with van der Waals surface area (Å²) >= 11 is 6.04. The van der Waals surface area contributed by atoms with E-state index in [1.807, 2.05) is 42.7 Å². The highest BCUT2D eigenvalue weighted by atomic mass is 127. The second-order valence-electron chi connectivity index (χ2n) is 6.53. The molecule has 2 N–H and O–H groups in total. The highest BCUT2D eigenvalue weighted by Crippen LogP contribution is 2.17. The molecule has 2 rings (SSSR count). The Morgan fingerprint density at radius 2 is 2.10 bits per heavy atom. The fraction of sp³-hybridized carbons (Fsp3) is 0.421. The minimum absolute atomic E-state index is 0. The minimum atomic E-state index is -0.822. The van der Waals surface area contributed by atoms with Crippen molar-refractivity contribution < 1.29 is 14.8 Å². The standard InChI is InChI=1S/C19H26ClN5O4.HI/c1-4-21-19(24(3)12-16-9-14(20)11-23(16)2)22-10-17(26)13-29-18-7-5-15(6-8-18)25(27)28;/h5-9,11,17,26H,4,10,12-13H2,1-3H3,(H,21,22);1H. The van der Waals surface area contributed by atoms with Gasteiger partial charge in [-0.1, -0.05) is 11.6 Å². The molecule has 1 heterocycles. The molecule has 1 aromatic carbocycles. The first-order chi connectivity index (χ1) is 13.8. The molecule has 0 saturated carbocycles. The van der Waals surface area contributed by atoms with Crippen LogP contribution in [0, 0.1) is 10.1 Å². The molecule has 0 aliphatic heterocycles. The van der Waals surface area contributed by atoms with Crippen LogP contribution in [0.15, 0.2) is 41.5 Å². The summed E-state index contributed by atoms with van der Waals surface area (Å²) in [5, 5.41) is 24.7. The van der Waals surface area contributed by atoms with Crippen molar-refractivity contribution in [3.8, 4) is 5.75 Å². The number of aliphatic hydroxyl groups is 1. The van der Waals surface area contributed by atoms with E-state index in [2.05, 4.69) is 10.3 Å². The molecule has 0 aliphatic carbocycles. The van der Waals surface area contributed by atoms with Crippen LogP contribution in [0.4, 0.5) is 5.69 Å². The lowest BCUT2D eigenvalue weighted by molar-refractivity contribution is -0.384. The number of nitrogens with one attached hydrogen (secondary N) is 1. The van der Waals surface area contributed by atoms with Crippen molar-refractivity contribution in [2.75, 3.05) is 26.7 Å². The van der Waals surface area contributed by atoms with Gasteiger partial charge in [0.25, 0.3) is 5.69 Å². The van der Waals surface area contributed by atoms with Crippen molar-refractivity contribution in [2.24, 2.45) is 12.0 Å². The second-order valence-corrected chi connectivity index (χ2v) is 6.96. The number of ether oxygens (including phenoxy) is 1. The van der Waals surface area contributed by atoms with Crippen molar-refractivity contribution in [1.82, 2.24) is 14.8 Å². The Hall–Kier alpha value is -2.05. The molecular weight excluding hydrogens is 525 g/mol. The summed E-state index contributed by atoms with van der Waals surface area (Å²) in [6.07, 6.45) is 1.02. The number of nitro groups is 1. The van der Waals surface area contributed by atoms with Gasteiger partial charge in [0, 0.05) is 44.7 Å². The molecule has 0 spiro atoms. The van der Waals surface area contributed by atoms with Gasteiger partial charge in [0.15, 0.2) is 5.96 Å². The number of aryl methyl sites for hydroxylation is 1. The molecule has 11 heteroatoms. The minimum Gasteiger partial charge on any atom is -0.491 e. The van der Waals surface area contributed by atoms with Crippen LogP contribution in [0.2, 0.25) is 5.02 Å². The predicted octanol–water partition coefficient (Wildman–Crippen LogP) is 3.04. The summed E-state index contributed by atoms with van der Waals surface area (Å²) in [5.41, 5.74) is 1.02. The molecule has 1 aromatic heterocycles. The molecule has 0 fully saturated rings. The van der Waals surface area contributed by atoms with Gasteiger partial charge >= 0.3 is 0 Å². The summed E-state index contributed by atoms with van der Waals surface area (Å²) in [4.78, 5) is 16.6. The van der Waals surface area contributed by atoms with Crippen molar-refractivity contribution in [3.63, 3.8) is 0 Å². The van der Waals surface area contributed by atoms with E-state index in [4.69, 9.17) is 16.3 Å². The van der Waals surface area contributed by atoms with E-state index >= 15 is 0 Å². The number of nitro benzene ring substituents is 1. The van der Waals surface area contributed by atoms with Crippen LogP contribution in [0.1, 0.15) is 12.6 Å². The van der Waals surface area contributed by atoms with E-state index < -0.39 is 11.0 Å². The number of aliphatic imine (C=N–C) groups is 1. The lowest BCUT2D eigenvalue weighted by Gasteiger charge is -2.23. The zero-order valence-corrected chi connectivity index (χ0v) is 20.2. The Morgan fingerprint density at radius 1 is 1.43 bits per heavy atom.